The van der Waals surface area contributed by atoms with Gasteiger partial charge in [-0.15, -0.1) is 0 Å². The number of piperidine rings is 1. The zero-order valence-electron chi connectivity index (χ0n) is 22.0. The van der Waals surface area contributed by atoms with Crippen molar-refractivity contribution >= 4 is 27.9 Å². The van der Waals surface area contributed by atoms with E-state index >= 15 is 0 Å². The van der Waals surface area contributed by atoms with Crippen molar-refractivity contribution < 1.29 is 23.1 Å². The number of carboxylic acids is 1. The van der Waals surface area contributed by atoms with Crippen LogP contribution in [0.3, 0.4) is 0 Å². The second-order valence-electron chi connectivity index (χ2n) is 10.8. The fourth-order valence-electron chi connectivity index (χ4n) is 5.54. The Bertz CT molecular complexity index is 1230. The Morgan fingerprint density at radius 2 is 1.97 bits per heavy atom. The molecule has 3 aliphatic heterocycles. The monoisotopic (exact) mass is 546 g/mol. The minimum atomic E-state index is -4.09. The van der Waals surface area contributed by atoms with Crippen molar-refractivity contribution in [2.75, 3.05) is 33.2 Å². The molecule has 0 aromatic heterocycles. The number of fused-ring (bicyclic) bond motifs is 1. The summed E-state index contributed by atoms with van der Waals surface area (Å²) in [6, 6.07) is 2.86. The Balaban J connectivity index is 1.63. The van der Waals surface area contributed by atoms with Crippen molar-refractivity contribution in [1.29, 1.82) is 5.41 Å². The molecule has 0 unspecified atom stereocenters. The van der Waals surface area contributed by atoms with Gasteiger partial charge in [0.1, 0.15) is 12.1 Å². The predicted molar refractivity (Wildman–Crippen MR) is 143 cm³/mol. The summed E-state index contributed by atoms with van der Waals surface area (Å²) in [5, 5.41) is 17.6. The first kappa shape index (κ1) is 28.1. The van der Waals surface area contributed by atoms with Gasteiger partial charge in [0, 0.05) is 32.7 Å². The van der Waals surface area contributed by atoms with Gasteiger partial charge < -0.3 is 25.5 Å². The zero-order valence-corrected chi connectivity index (χ0v) is 22.8. The lowest BCUT2D eigenvalue weighted by molar-refractivity contribution is -0.153. The highest BCUT2D eigenvalue weighted by Crippen LogP contribution is 2.27. The van der Waals surface area contributed by atoms with Crippen LogP contribution in [0.15, 0.2) is 34.7 Å². The van der Waals surface area contributed by atoms with Gasteiger partial charge >= 0.3 is 5.97 Å². The van der Waals surface area contributed by atoms with E-state index < -0.39 is 34.0 Å². The number of likely N-dealkylation sites (N-methyl/N-ethyl adjacent to an activating group) is 1. The first-order valence-electron chi connectivity index (χ1n) is 13.1. The maximum Gasteiger partial charge on any atom is 0.326 e. The number of nitrogens with zero attached hydrogens (tertiary/aromatic N) is 3. The van der Waals surface area contributed by atoms with Crippen LogP contribution in [0.5, 0.6) is 0 Å². The van der Waals surface area contributed by atoms with Crippen molar-refractivity contribution in [3.8, 4) is 0 Å². The molecule has 0 spiro atoms. The van der Waals surface area contributed by atoms with E-state index in [-0.39, 0.29) is 29.7 Å². The molecule has 3 atom stereocenters. The number of benzene rings is 1. The van der Waals surface area contributed by atoms with Crippen molar-refractivity contribution in [2.24, 2.45) is 11.7 Å². The second-order valence-corrected chi connectivity index (χ2v) is 12.5. The van der Waals surface area contributed by atoms with Crippen LogP contribution in [0, 0.1) is 11.3 Å². The van der Waals surface area contributed by atoms with Crippen LogP contribution in [-0.4, -0.2) is 91.4 Å². The molecule has 3 heterocycles. The molecule has 12 heteroatoms. The van der Waals surface area contributed by atoms with E-state index in [1.165, 1.54) is 4.90 Å². The van der Waals surface area contributed by atoms with Crippen LogP contribution >= 0.6 is 0 Å². The van der Waals surface area contributed by atoms with Crippen LogP contribution < -0.4 is 10.5 Å². The van der Waals surface area contributed by atoms with Gasteiger partial charge in [-0.3, -0.25) is 10.2 Å². The SMILES string of the molecule is C[C@H]1CCN(C(=O)[C@H](CC2=CCCN(C(=N)N)C2)NS(=O)(=O)c2ccc3c(c2)CN(C)CC3)[C@@H](C(=O)O)C1. The maximum absolute atomic E-state index is 13.8. The summed E-state index contributed by atoms with van der Waals surface area (Å²) in [6.45, 7) is 4.62. The quantitative estimate of drug-likeness (QED) is 0.223. The van der Waals surface area contributed by atoms with Gasteiger partial charge in [0.05, 0.1) is 4.90 Å². The molecule has 208 valence electrons. The molecule has 0 bridgehead atoms. The van der Waals surface area contributed by atoms with E-state index in [4.69, 9.17) is 11.1 Å². The molecule has 1 fully saturated rings. The summed E-state index contributed by atoms with van der Waals surface area (Å²) in [7, 11) is -2.11. The van der Waals surface area contributed by atoms with E-state index in [2.05, 4.69) is 9.62 Å². The number of nitrogens with two attached hydrogens (primary N) is 1. The lowest BCUT2D eigenvalue weighted by atomic mass is 9.91. The highest BCUT2D eigenvalue weighted by Gasteiger charge is 2.39. The molecule has 0 saturated carbocycles. The number of carbonyl (C=O) groups excluding carboxylic acids is 1. The molecule has 38 heavy (non-hydrogen) atoms. The number of rotatable bonds is 7. The molecule has 4 rings (SSSR count). The molecule has 0 radical (unpaired) electrons. The van der Waals surface area contributed by atoms with Gasteiger partial charge in [-0.2, -0.15) is 4.72 Å². The van der Waals surface area contributed by atoms with Crippen molar-refractivity contribution in [3.05, 3.63) is 41.0 Å². The molecule has 11 nitrogen and oxygen atoms in total. The van der Waals surface area contributed by atoms with Gasteiger partial charge in [0.25, 0.3) is 0 Å². The molecule has 1 aromatic rings. The first-order valence-corrected chi connectivity index (χ1v) is 14.6. The van der Waals surface area contributed by atoms with Crippen LogP contribution in [0.1, 0.15) is 43.7 Å². The number of hydrogen-bond acceptors (Lipinski definition) is 6. The summed E-state index contributed by atoms with van der Waals surface area (Å²) in [4.78, 5) is 31.0. The standard InChI is InChI=1S/C26H38N6O5S/c1-17-7-11-32(23(12-17)25(34)35)24(33)22(13-18-4-3-9-31(15-18)26(27)28)29-38(36,37)21-6-5-19-8-10-30(2)16-20(19)14-21/h4-6,14,17,22-23,29H,3,7-13,15-16H2,1-2H3,(H3,27,28)(H,34,35)/t17-,22-,23+/m0/s1. The Hall–Kier alpha value is -2.96. The molecule has 1 saturated heterocycles. The smallest absolute Gasteiger partial charge is 0.326 e. The summed E-state index contributed by atoms with van der Waals surface area (Å²) in [5.41, 5.74) is 8.49. The minimum absolute atomic E-state index is 0.0634. The van der Waals surface area contributed by atoms with E-state index in [1.807, 2.05) is 26.1 Å². The molecular weight excluding hydrogens is 508 g/mol. The summed E-state index contributed by atoms with van der Waals surface area (Å²) in [6.07, 6.45) is 4.42. The fourth-order valence-corrected chi connectivity index (χ4v) is 6.78. The molecule has 5 N–H and O–H groups in total. The lowest BCUT2D eigenvalue weighted by Crippen LogP contribution is -2.56. The van der Waals surface area contributed by atoms with Gasteiger partial charge in [-0.25, -0.2) is 13.2 Å². The lowest BCUT2D eigenvalue weighted by Gasteiger charge is -2.38. The third-order valence-corrected chi connectivity index (χ3v) is 9.22. The van der Waals surface area contributed by atoms with E-state index in [0.29, 0.717) is 38.9 Å². The van der Waals surface area contributed by atoms with Gasteiger partial charge in [0.2, 0.25) is 15.9 Å². The number of amides is 1. The molecular formula is C26H38N6O5S. The topological polar surface area (TPSA) is 160 Å². The fraction of sp³-hybridized carbons (Fsp3) is 0.577. The first-order chi connectivity index (χ1) is 17.9. The number of nitrogens with one attached hydrogen (secondary N) is 2. The Morgan fingerprint density at radius 1 is 1.21 bits per heavy atom. The third-order valence-electron chi connectivity index (χ3n) is 7.75. The number of aliphatic carboxylic acids is 1. The molecule has 1 aromatic carbocycles. The Kier molecular flexibility index (Phi) is 8.43. The summed E-state index contributed by atoms with van der Waals surface area (Å²) >= 11 is 0. The number of sulfonamides is 1. The number of carboxylic acid groups (broad SMARTS) is 1. The number of guanidine groups is 1. The van der Waals surface area contributed by atoms with Crippen molar-refractivity contribution in [1.82, 2.24) is 19.4 Å². The van der Waals surface area contributed by atoms with E-state index in [0.717, 1.165) is 29.7 Å². The highest BCUT2D eigenvalue weighted by atomic mass is 32.2. The van der Waals surface area contributed by atoms with Crippen LogP contribution in [0.4, 0.5) is 0 Å². The van der Waals surface area contributed by atoms with Gasteiger partial charge in [0.15, 0.2) is 5.96 Å². The Labute approximate surface area is 224 Å². The van der Waals surface area contributed by atoms with E-state index in [9.17, 15) is 23.1 Å². The number of likely N-dealkylation sites (tertiary alicyclic amines) is 1. The second kappa shape index (κ2) is 11.4. The Morgan fingerprint density at radius 3 is 2.68 bits per heavy atom. The van der Waals surface area contributed by atoms with Crippen LogP contribution in [-0.2, 0) is 32.6 Å². The van der Waals surface area contributed by atoms with Crippen molar-refractivity contribution in [3.63, 3.8) is 0 Å². The normalized spacial score (nSPS) is 23.4. The average molecular weight is 547 g/mol. The average Bonchev–Trinajstić information content (AvgIpc) is 2.87. The van der Waals surface area contributed by atoms with Crippen molar-refractivity contribution in [2.45, 2.75) is 62.6 Å². The maximum atomic E-state index is 13.8. The van der Waals surface area contributed by atoms with Crippen LogP contribution in [0.2, 0.25) is 0 Å². The predicted octanol–water partition coefficient (Wildman–Crippen LogP) is 0.949. The third kappa shape index (κ3) is 6.36. The van der Waals surface area contributed by atoms with Gasteiger partial charge in [-0.1, -0.05) is 24.6 Å². The zero-order chi connectivity index (χ0) is 27.6. The van der Waals surface area contributed by atoms with Gasteiger partial charge in [-0.05, 0) is 68.3 Å². The van der Waals surface area contributed by atoms with Crippen LogP contribution in [0.25, 0.3) is 0 Å². The molecule has 3 aliphatic rings. The number of carbonyl (C=O) groups is 2. The summed E-state index contributed by atoms with van der Waals surface area (Å²) < 4.78 is 29.8. The largest absolute Gasteiger partial charge is 0.480 e. The molecule has 1 amide bonds. The highest BCUT2D eigenvalue weighted by molar-refractivity contribution is 7.89. The number of hydrogen-bond donors (Lipinski definition) is 4. The minimum Gasteiger partial charge on any atom is -0.480 e. The van der Waals surface area contributed by atoms with E-state index in [1.54, 1.807) is 17.0 Å². The molecule has 0 aliphatic carbocycles. The summed E-state index contributed by atoms with van der Waals surface area (Å²) in [5.74, 6) is -1.58.